The van der Waals surface area contributed by atoms with E-state index in [-0.39, 0.29) is 23.3 Å². The van der Waals surface area contributed by atoms with Gasteiger partial charge in [0.1, 0.15) is 5.75 Å². The molecule has 2 aromatic rings. The van der Waals surface area contributed by atoms with Crippen LogP contribution < -0.4 is 14.8 Å². The molecule has 32 heavy (non-hydrogen) atoms. The van der Waals surface area contributed by atoms with E-state index in [0.29, 0.717) is 29.5 Å². The van der Waals surface area contributed by atoms with Gasteiger partial charge in [0.05, 0.1) is 24.2 Å². The number of ether oxygens (including phenoxy) is 1. The van der Waals surface area contributed by atoms with Crippen LogP contribution in [0.4, 0.5) is 5.69 Å². The Balaban J connectivity index is 1.54. The molecule has 2 N–H and O–H groups in total. The molecule has 1 aliphatic heterocycles. The van der Waals surface area contributed by atoms with Crippen LogP contribution >= 0.6 is 11.6 Å². The number of aryl methyl sites for hydroxylation is 2. The summed E-state index contributed by atoms with van der Waals surface area (Å²) in [4.78, 5) is 14.9. The summed E-state index contributed by atoms with van der Waals surface area (Å²) >= 11 is 6.13. The molecule has 0 spiro atoms. The minimum Gasteiger partial charge on any atom is -0.495 e. The second-order valence-corrected chi connectivity index (χ2v) is 10.4. The molecule has 0 aromatic heterocycles. The van der Waals surface area contributed by atoms with E-state index in [4.69, 9.17) is 16.3 Å². The predicted octanol–water partition coefficient (Wildman–Crippen LogP) is 3.59. The molecule has 1 aliphatic rings. The van der Waals surface area contributed by atoms with Crippen molar-refractivity contribution in [1.82, 2.24) is 9.62 Å². The number of hydrogen-bond acceptors (Lipinski definition) is 5. The molecule has 1 heterocycles. The third-order valence-corrected chi connectivity index (χ3v) is 7.47. The van der Waals surface area contributed by atoms with E-state index >= 15 is 0 Å². The van der Waals surface area contributed by atoms with E-state index in [1.165, 1.54) is 7.11 Å². The number of halogens is 1. The summed E-state index contributed by atoms with van der Waals surface area (Å²) in [5.41, 5.74) is 2.44. The molecule has 0 saturated carbocycles. The summed E-state index contributed by atoms with van der Waals surface area (Å²) in [5, 5.41) is 3.47. The van der Waals surface area contributed by atoms with Crippen LogP contribution in [-0.2, 0) is 14.8 Å². The number of likely N-dealkylation sites (tertiary alicyclic amines) is 1. The summed E-state index contributed by atoms with van der Waals surface area (Å²) in [6, 6.07) is 10.3. The zero-order valence-corrected chi connectivity index (χ0v) is 20.2. The fraction of sp³-hybridized carbons (Fsp3) is 0.435. The molecule has 1 unspecified atom stereocenters. The van der Waals surface area contributed by atoms with Crippen molar-refractivity contribution in [3.05, 3.63) is 52.5 Å². The topological polar surface area (TPSA) is 87.7 Å². The number of anilines is 1. The Morgan fingerprint density at radius 3 is 2.62 bits per heavy atom. The number of carbonyl (C=O) groups is 1. The van der Waals surface area contributed by atoms with Crippen LogP contribution in [0.1, 0.15) is 24.0 Å². The lowest BCUT2D eigenvalue weighted by atomic mass is 9.98. The maximum Gasteiger partial charge on any atom is 0.240 e. The highest BCUT2D eigenvalue weighted by Gasteiger charge is 2.24. The first-order valence-corrected chi connectivity index (χ1v) is 12.5. The summed E-state index contributed by atoms with van der Waals surface area (Å²) in [6.07, 6.45) is 1.83. The van der Waals surface area contributed by atoms with Gasteiger partial charge in [-0.1, -0.05) is 29.3 Å². The molecular weight excluding hydrogens is 450 g/mol. The fourth-order valence-electron chi connectivity index (χ4n) is 3.81. The normalized spacial score (nSPS) is 17.2. The van der Waals surface area contributed by atoms with Gasteiger partial charge in [-0.25, -0.2) is 13.1 Å². The lowest BCUT2D eigenvalue weighted by molar-refractivity contribution is -0.117. The minimum absolute atomic E-state index is 0.143. The zero-order valence-electron chi connectivity index (χ0n) is 18.7. The summed E-state index contributed by atoms with van der Waals surface area (Å²) in [5.74, 6) is 0.506. The number of sulfonamides is 1. The van der Waals surface area contributed by atoms with Crippen molar-refractivity contribution in [2.75, 3.05) is 38.6 Å². The maximum atomic E-state index is 12.6. The van der Waals surface area contributed by atoms with E-state index in [1.54, 1.807) is 36.4 Å². The number of nitrogens with zero attached hydrogens (tertiary/aromatic N) is 1. The highest BCUT2D eigenvalue weighted by molar-refractivity contribution is 7.89. The molecular formula is C23H30ClN3O4S. The molecule has 7 nitrogen and oxygen atoms in total. The van der Waals surface area contributed by atoms with E-state index in [1.807, 2.05) is 13.8 Å². The number of benzene rings is 2. The van der Waals surface area contributed by atoms with Gasteiger partial charge in [-0.3, -0.25) is 9.69 Å². The van der Waals surface area contributed by atoms with Crippen molar-refractivity contribution in [3.63, 3.8) is 0 Å². The van der Waals surface area contributed by atoms with Crippen molar-refractivity contribution in [2.45, 2.75) is 31.6 Å². The Kier molecular flexibility index (Phi) is 8.16. The summed E-state index contributed by atoms with van der Waals surface area (Å²) < 4.78 is 33.1. The number of methoxy groups -OCH3 is 1. The van der Waals surface area contributed by atoms with Crippen molar-refractivity contribution in [3.8, 4) is 5.75 Å². The van der Waals surface area contributed by atoms with Crippen LogP contribution in [0.25, 0.3) is 0 Å². The first-order chi connectivity index (χ1) is 15.2. The van der Waals surface area contributed by atoms with Crippen LogP contribution in [0.15, 0.2) is 41.3 Å². The Hall–Kier alpha value is -2.13. The average Bonchev–Trinajstić information content (AvgIpc) is 2.75. The molecule has 1 saturated heterocycles. The van der Waals surface area contributed by atoms with Gasteiger partial charge in [-0.2, -0.15) is 0 Å². The van der Waals surface area contributed by atoms with Gasteiger partial charge in [0, 0.05) is 24.2 Å². The monoisotopic (exact) mass is 479 g/mol. The Bertz CT molecular complexity index is 1060. The zero-order chi connectivity index (χ0) is 23.3. The molecule has 0 aliphatic carbocycles. The van der Waals surface area contributed by atoms with Crippen LogP contribution in [0.2, 0.25) is 5.02 Å². The van der Waals surface area contributed by atoms with E-state index < -0.39 is 10.0 Å². The molecule has 1 atom stereocenters. The van der Waals surface area contributed by atoms with Crippen molar-refractivity contribution in [1.29, 1.82) is 0 Å². The largest absolute Gasteiger partial charge is 0.495 e. The smallest absolute Gasteiger partial charge is 0.240 e. The number of rotatable bonds is 8. The van der Waals surface area contributed by atoms with Crippen molar-refractivity contribution in [2.24, 2.45) is 5.92 Å². The maximum absolute atomic E-state index is 12.6. The van der Waals surface area contributed by atoms with Gasteiger partial charge in [0.15, 0.2) is 0 Å². The number of piperidine rings is 1. The van der Waals surface area contributed by atoms with Gasteiger partial charge in [-0.15, -0.1) is 0 Å². The second kappa shape index (κ2) is 10.7. The number of amides is 1. The number of hydrogen-bond donors (Lipinski definition) is 2. The molecule has 2 aromatic carbocycles. The van der Waals surface area contributed by atoms with Gasteiger partial charge in [0.2, 0.25) is 15.9 Å². The van der Waals surface area contributed by atoms with Gasteiger partial charge < -0.3 is 10.1 Å². The molecule has 9 heteroatoms. The van der Waals surface area contributed by atoms with Crippen LogP contribution in [0.3, 0.4) is 0 Å². The SMILES string of the molecule is COc1cc(Cl)c(C)cc1NC(=O)CN1CCCC(CNS(=O)(=O)c2ccc(C)cc2)C1. The van der Waals surface area contributed by atoms with Crippen LogP contribution in [0.5, 0.6) is 5.75 Å². The summed E-state index contributed by atoms with van der Waals surface area (Å²) in [6.45, 7) is 5.81. The van der Waals surface area contributed by atoms with Crippen molar-refractivity contribution >= 4 is 33.2 Å². The predicted molar refractivity (Wildman–Crippen MR) is 127 cm³/mol. The third-order valence-electron chi connectivity index (χ3n) is 5.62. The van der Waals surface area contributed by atoms with E-state index in [9.17, 15) is 13.2 Å². The Morgan fingerprint density at radius 1 is 1.22 bits per heavy atom. The molecule has 174 valence electrons. The first-order valence-electron chi connectivity index (χ1n) is 10.6. The second-order valence-electron chi connectivity index (χ2n) is 8.26. The molecule has 0 bridgehead atoms. The molecule has 3 rings (SSSR count). The number of carbonyl (C=O) groups excluding carboxylic acids is 1. The molecule has 1 amide bonds. The standard InChI is InChI=1S/C23H30ClN3O4S/c1-16-6-8-19(9-7-16)32(29,30)25-13-18-5-4-10-27(14-18)15-23(28)26-21-11-17(2)20(24)12-22(21)31-3/h6-9,11-12,18,25H,4-5,10,13-15H2,1-3H3,(H,26,28). The van der Waals surface area contributed by atoms with Gasteiger partial charge in [-0.05, 0) is 62.9 Å². The highest BCUT2D eigenvalue weighted by Crippen LogP contribution is 2.31. The van der Waals surface area contributed by atoms with Crippen molar-refractivity contribution < 1.29 is 17.9 Å². The molecule has 0 radical (unpaired) electrons. The first kappa shape index (κ1) is 24.5. The fourth-order valence-corrected chi connectivity index (χ4v) is 5.08. The quantitative estimate of drug-likeness (QED) is 0.604. The van der Waals surface area contributed by atoms with E-state index in [0.717, 1.165) is 30.5 Å². The lowest BCUT2D eigenvalue weighted by Crippen LogP contribution is -2.43. The average molecular weight is 480 g/mol. The van der Waals surface area contributed by atoms with Crippen LogP contribution in [0, 0.1) is 19.8 Å². The van der Waals surface area contributed by atoms with Gasteiger partial charge in [0.25, 0.3) is 0 Å². The Labute approximate surface area is 195 Å². The van der Waals surface area contributed by atoms with Gasteiger partial charge >= 0.3 is 0 Å². The highest BCUT2D eigenvalue weighted by atomic mass is 35.5. The minimum atomic E-state index is -3.55. The van der Waals surface area contributed by atoms with Crippen LogP contribution in [-0.4, -0.2) is 52.5 Å². The molecule has 1 fully saturated rings. The Morgan fingerprint density at radius 2 is 1.94 bits per heavy atom. The number of nitrogens with one attached hydrogen (secondary N) is 2. The lowest BCUT2D eigenvalue weighted by Gasteiger charge is -2.32. The van der Waals surface area contributed by atoms with E-state index in [2.05, 4.69) is 14.9 Å². The summed E-state index contributed by atoms with van der Waals surface area (Å²) in [7, 11) is -2.01. The third kappa shape index (κ3) is 6.45.